The fourth-order valence-corrected chi connectivity index (χ4v) is 7.88. The minimum absolute atomic E-state index is 0.512. The van der Waals surface area contributed by atoms with Gasteiger partial charge in [0.2, 0.25) is 5.69 Å². The number of benzene rings is 3. The van der Waals surface area contributed by atoms with Crippen molar-refractivity contribution >= 4 is 21.9 Å². The number of fused-ring (bicyclic) bond motifs is 3. The van der Waals surface area contributed by atoms with Gasteiger partial charge in [0.1, 0.15) is 18.2 Å². The third-order valence-corrected chi connectivity index (χ3v) is 9.81. The van der Waals surface area contributed by atoms with Crippen LogP contribution in [0.1, 0.15) is 74.0 Å². The molecule has 2 aliphatic carbocycles. The van der Waals surface area contributed by atoms with Gasteiger partial charge in [-0.15, -0.1) is 0 Å². The Kier molecular flexibility index (Phi) is 5.81. The van der Waals surface area contributed by atoms with Crippen LogP contribution in [0, 0.1) is 23.7 Å². The molecule has 39 heavy (non-hydrogen) atoms. The fourth-order valence-electron chi connectivity index (χ4n) is 7.88. The SMILES string of the molecule is Cc1ccc2c(oc3c(-c4ccc(C5CCCC56CCCCC6)cc4)c(C#N)ccc32)c1-c1cccc[n+]1C. The zero-order valence-corrected chi connectivity index (χ0v) is 23.0. The van der Waals surface area contributed by atoms with Crippen molar-refractivity contribution in [3.8, 4) is 28.5 Å². The van der Waals surface area contributed by atoms with E-state index in [0.717, 1.165) is 44.3 Å². The summed E-state index contributed by atoms with van der Waals surface area (Å²) in [5, 5.41) is 12.3. The highest BCUT2D eigenvalue weighted by atomic mass is 16.3. The lowest BCUT2D eigenvalue weighted by Gasteiger charge is -2.39. The topological polar surface area (TPSA) is 40.8 Å². The molecule has 2 heterocycles. The predicted octanol–water partition coefficient (Wildman–Crippen LogP) is 9.14. The summed E-state index contributed by atoms with van der Waals surface area (Å²) in [6.45, 7) is 2.14. The first-order chi connectivity index (χ1) is 19.1. The van der Waals surface area contributed by atoms with Crippen LogP contribution in [0.4, 0.5) is 0 Å². The van der Waals surface area contributed by atoms with Gasteiger partial charge < -0.3 is 4.42 Å². The number of aryl methyl sites for hydroxylation is 2. The molecule has 2 aliphatic rings. The van der Waals surface area contributed by atoms with Gasteiger partial charge in [0, 0.05) is 28.5 Å². The van der Waals surface area contributed by atoms with E-state index in [2.05, 4.69) is 79.3 Å². The van der Waals surface area contributed by atoms with Gasteiger partial charge in [-0.25, -0.2) is 4.57 Å². The zero-order chi connectivity index (χ0) is 26.6. The van der Waals surface area contributed by atoms with E-state index in [1.54, 1.807) is 0 Å². The Morgan fingerprint density at radius 2 is 1.54 bits per heavy atom. The molecule has 0 N–H and O–H groups in total. The van der Waals surface area contributed by atoms with Crippen LogP contribution in [0.2, 0.25) is 0 Å². The molecule has 0 saturated heterocycles. The third kappa shape index (κ3) is 3.80. The molecule has 1 atom stereocenters. The normalized spacial score (nSPS) is 18.6. The van der Waals surface area contributed by atoms with Crippen molar-refractivity contribution in [3.05, 3.63) is 89.6 Å². The van der Waals surface area contributed by atoms with E-state index in [1.807, 2.05) is 18.2 Å². The highest BCUT2D eigenvalue weighted by Gasteiger charge is 2.43. The Bertz CT molecular complexity index is 1750. The van der Waals surface area contributed by atoms with Crippen LogP contribution in [0.15, 0.2) is 77.3 Å². The number of hydrogen-bond acceptors (Lipinski definition) is 2. The first-order valence-electron chi connectivity index (χ1n) is 14.5. The van der Waals surface area contributed by atoms with Crippen molar-refractivity contribution in [2.75, 3.05) is 0 Å². The highest BCUT2D eigenvalue weighted by molar-refractivity contribution is 6.14. The van der Waals surface area contributed by atoms with Crippen LogP contribution >= 0.6 is 0 Å². The summed E-state index contributed by atoms with van der Waals surface area (Å²) in [5.74, 6) is 0.668. The standard InChI is InChI=1S/C36H35N2O/c1-24-11-17-28-29-18-16-27(23-37)33(35(29)39-34(28)32(24)31-10-4-7-22-38(31)2)26-14-12-25(13-15-26)30-9-8-21-36(30)19-5-3-6-20-36/h4,7,10-18,22,30H,3,5-6,8-9,19-21H2,1-2H3/q+1. The van der Waals surface area contributed by atoms with E-state index in [-0.39, 0.29) is 0 Å². The van der Waals surface area contributed by atoms with Gasteiger partial charge in [-0.1, -0.05) is 62.1 Å². The first-order valence-corrected chi connectivity index (χ1v) is 14.5. The molecule has 3 aromatic carbocycles. The Labute approximate surface area is 230 Å². The molecule has 1 unspecified atom stereocenters. The Hall–Kier alpha value is -3.90. The maximum absolute atomic E-state index is 10.1. The second-order valence-corrected chi connectivity index (χ2v) is 11.9. The van der Waals surface area contributed by atoms with Crippen LogP contribution in [0.3, 0.4) is 0 Å². The van der Waals surface area contributed by atoms with Crippen molar-refractivity contribution in [1.29, 1.82) is 5.26 Å². The maximum Gasteiger partial charge on any atom is 0.216 e. The molecule has 0 bridgehead atoms. The monoisotopic (exact) mass is 511 g/mol. The van der Waals surface area contributed by atoms with E-state index < -0.39 is 0 Å². The molecule has 0 aliphatic heterocycles. The summed E-state index contributed by atoms with van der Waals surface area (Å²) >= 11 is 0. The summed E-state index contributed by atoms with van der Waals surface area (Å²) in [4.78, 5) is 0. The van der Waals surface area contributed by atoms with Crippen molar-refractivity contribution in [3.63, 3.8) is 0 Å². The number of rotatable bonds is 3. The number of aromatic nitrogens is 1. The molecule has 0 radical (unpaired) electrons. The average molecular weight is 512 g/mol. The number of hydrogen-bond donors (Lipinski definition) is 0. The van der Waals surface area contributed by atoms with Crippen LogP contribution in [0.5, 0.6) is 0 Å². The second kappa shape index (κ2) is 9.38. The van der Waals surface area contributed by atoms with Gasteiger partial charge in [0.05, 0.1) is 17.2 Å². The van der Waals surface area contributed by atoms with Crippen molar-refractivity contribution < 1.29 is 8.98 Å². The molecule has 3 nitrogen and oxygen atoms in total. The van der Waals surface area contributed by atoms with Crippen LogP contribution < -0.4 is 4.57 Å². The van der Waals surface area contributed by atoms with Crippen molar-refractivity contribution in [1.82, 2.24) is 0 Å². The Morgan fingerprint density at radius 3 is 2.28 bits per heavy atom. The number of furan rings is 1. The number of nitriles is 1. The molecular weight excluding hydrogens is 476 g/mol. The average Bonchev–Trinajstić information content (AvgIpc) is 3.54. The highest BCUT2D eigenvalue weighted by Crippen LogP contribution is 2.57. The van der Waals surface area contributed by atoms with E-state index in [0.29, 0.717) is 16.9 Å². The van der Waals surface area contributed by atoms with E-state index in [9.17, 15) is 5.26 Å². The molecule has 5 aromatic rings. The number of nitrogens with zero attached hydrogens (tertiary/aromatic N) is 2. The molecular formula is C36H35N2O+. The molecule has 2 fully saturated rings. The van der Waals surface area contributed by atoms with Gasteiger partial charge >= 0.3 is 0 Å². The van der Waals surface area contributed by atoms with Crippen LogP contribution in [-0.4, -0.2) is 0 Å². The van der Waals surface area contributed by atoms with E-state index in [1.165, 1.54) is 62.5 Å². The Balaban J connectivity index is 1.38. The van der Waals surface area contributed by atoms with Crippen LogP contribution in [0.25, 0.3) is 44.3 Å². The number of pyridine rings is 1. The molecule has 0 amide bonds. The molecule has 3 heteroatoms. The lowest BCUT2D eigenvalue weighted by molar-refractivity contribution is -0.660. The first kappa shape index (κ1) is 24.2. The van der Waals surface area contributed by atoms with Gasteiger partial charge in [0.15, 0.2) is 6.20 Å². The van der Waals surface area contributed by atoms with Gasteiger partial charge in [-0.3, -0.25) is 0 Å². The largest absolute Gasteiger partial charge is 0.454 e. The molecule has 194 valence electrons. The minimum Gasteiger partial charge on any atom is -0.454 e. The van der Waals surface area contributed by atoms with Crippen molar-refractivity contribution in [2.45, 2.75) is 64.2 Å². The quantitative estimate of drug-likeness (QED) is 0.227. The van der Waals surface area contributed by atoms with Gasteiger partial charge in [0.25, 0.3) is 0 Å². The second-order valence-electron chi connectivity index (χ2n) is 11.9. The predicted molar refractivity (Wildman–Crippen MR) is 157 cm³/mol. The molecule has 1 spiro atoms. The molecule has 7 rings (SSSR count). The smallest absolute Gasteiger partial charge is 0.216 e. The fraction of sp³-hybridized carbons (Fsp3) is 0.333. The summed E-state index contributed by atoms with van der Waals surface area (Å²) in [5.41, 5.74) is 9.66. The lowest BCUT2D eigenvalue weighted by atomic mass is 9.65. The maximum atomic E-state index is 10.1. The third-order valence-electron chi connectivity index (χ3n) is 9.81. The van der Waals surface area contributed by atoms with E-state index in [4.69, 9.17) is 4.42 Å². The summed E-state index contributed by atoms with van der Waals surface area (Å²) in [6, 6.07) is 26.2. The Morgan fingerprint density at radius 1 is 0.821 bits per heavy atom. The van der Waals surface area contributed by atoms with Crippen LogP contribution in [-0.2, 0) is 7.05 Å². The van der Waals surface area contributed by atoms with Gasteiger partial charge in [-0.2, -0.15) is 5.26 Å². The summed E-state index contributed by atoms with van der Waals surface area (Å²) in [7, 11) is 2.07. The lowest BCUT2D eigenvalue weighted by Crippen LogP contribution is -2.30. The zero-order valence-electron chi connectivity index (χ0n) is 23.0. The minimum atomic E-state index is 0.512. The molecule has 2 saturated carbocycles. The van der Waals surface area contributed by atoms with E-state index >= 15 is 0 Å². The molecule has 2 aromatic heterocycles. The summed E-state index contributed by atoms with van der Waals surface area (Å²) < 4.78 is 8.89. The van der Waals surface area contributed by atoms with Crippen molar-refractivity contribution in [2.24, 2.45) is 12.5 Å². The summed E-state index contributed by atoms with van der Waals surface area (Å²) in [6.07, 6.45) is 13.1. The van der Waals surface area contributed by atoms with Gasteiger partial charge in [-0.05, 0) is 78.8 Å².